The molecule has 0 aliphatic rings. The number of benzene rings is 2. The molecule has 0 aromatic heterocycles. The third-order valence-corrected chi connectivity index (χ3v) is 4.25. The highest BCUT2D eigenvalue weighted by molar-refractivity contribution is 5.92. The van der Waals surface area contributed by atoms with Crippen LogP contribution in [-0.2, 0) is 9.59 Å². The highest BCUT2D eigenvalue weighted by Gasteiger charge is 2.18. The van der Waals surface area contributed by atoms with Crippen molar-refractivity contribution in [3.8, 4) is 0 Å². The minimum Gasteiger partial charge on any atom is -0.348 e. The number of hydrogen-bond acceptors (Lipinski definition) is 3. The van der Waals surface area contributed by atoms with Gasteiger partial charge in [0.25, 0.3) is 0 Å². The molecule has 0 bridgehead atoms. The van der Waals surface area contributed by atoms with Crippen molar-refractivity contribution >= 4 is 17.5 Å². The van der Waals surface area contributed by atoms with Gasteiger partial charge in [-0.05, 0) is 31.2 Å². The molecule has 0 unspecified atom stereocenters. The smallest absolute Gasteiger partial charge is 0.238 e. The summed E-state index contributed by atoms with van der Waals surface area (Å²) in [6, 6.07) is 11.1. The van der Waals surface area contributed by atoms with E-state index in [0.717, 1.165) is 30.5 Å². The predicted octanol–water partition coefficient (Wildman–Crippen LogP) is 3.63. The van der Waals surface area contributed by atoms with Gasteiger partial charge in [-0.15, -0.1) is 0 Å². The molecule has 5 nitrogen and oxygen atoms in total. The summed E-state index contributed by atoms with van der Waals surface area (Å²) in [6.07, 6.45) is 1.66. The van der Waals surface area contributed by atoms with Crippen LogP contribution in [0.4, 0.5) is 18.9 Å². The van der Waals surface area contributed by atoms with E-state index in [1.807, 2.05) is 37.3 Å². The lowest BCUT2D eigenvalue weighted by Gasteiger charge is -2.21. The Morgan fingerprint density at radius 2 is 1.62 bits per heavy atom. The van der Waals surface area contributed by atoms with E-state index in [4.69, 9.17) is 0 Å². The lowest BCUT2D eigenvalue weighted by molar-refractivity contribution is -0.123. The number of anilines is 1. The van der Waals surface area contributed by atoms with Crippen LogP contribution in [-0.4, -0.2) is 36.9 Å². The molecule has 2 aromatic rings. The monoisotopic (exact) mass is 407 g/mol. The fourth-order valence-electron chi connectivity index (χ4n) is 2.89. The molecule has 2 rings (SSSR count). The Labute approximate surface area is 167 Å². The van der Waals surface area contributed by atoms with Crippen LogP contribution >= 0.6 is 0 Å². The van der Waals surface area contributed by atoms with Crippen LogP contribution in [0.25, 0.3) is 0 Å². The standard InChI is InChI=1S/C21H24F3N3O2/c1-3-7-16(14-8-5-4-6-9-14)25-18(28)12-27(2)13-19(29)26-17-11-10-15(22)20(23)21(17)24/h4-6,8-11,16H,3,7,12-13H2,1-2H3,(H,25,28)(H,26,29)/t16-/m0/s1. The van der Waals surface area contributed by atoms with Crippen LogP contribution in [0.15, 0.2) is 42.5 Å². The zero-order chi connectivity index (χ0) is 21.4. The fraction of sp³-hybridized carbons (Fsp3) is 0.333. The molecule has 0 spiro atoms. The first-order chi connectivity index (χ1) is 13.8. The Balaban J connectivity index is 1.89. The van der Waals surface area contributed by atoms with Crippen molar-refractivity contribution in [2.45, 2.75) is 25.8 Å². The number of rotatable bonds is 9. The van der Waals surface area contributed by atoms with E-state index in [1.165, 1.54) is 4.90 Å². The van der Waals surface area contributed by atoms with E-state index in [0.29, 0.717) is 0 Å². The molecule has 2 N–H and O–H groups in total. The molecule has 2 amide bonds. The number of likely N-dealkylation sites (N-methyl/N-ethyl adjacent to an activating group) is 1. The first kappa shape index (κ1) is 22.4. The first-order valence-electron chi connectivity index (χ1n) is 9.28. The zero-order valence-electron chi connectivity index (χ0n) is 16.3. The molecule has 0 aliphatic heterocycles. The van der Waals surface area contributed by atoms with Gasteiger partial charge in [-0.2, -0.15) is 0 Å². The lowest BCUT2D eigenvalue weighted by atomic mass is 10.0. The van der Waals surface area contributed by atoms with Crippen molar-refractivity contribution in [3.05, 3.63) is 65.5 Å². The second kappa shape index (κ2) is 10.6. The Morgan fingerprint density at radius 3 is 2.28 bits per heavy atom. The Bertz CT molecular complexity index is 847. The third-order valence-electron chi connectivity index (χ3n) is 4.25. The van der Waals surface area contributed by atoms with Crippen LogP contribution in [0.3, 0.4) is 0 Å². The molecular weight excluding hydrogens is 383 g/mol. The normalized spacial score (nSPS) is 11.9. The van der Waals surface area contributed by atoms with Crippen LogP contribution < -0.4 is 10.6 Å². The topological polar surface area (TPSA) is 61.4 Å². The molecule has 0 aliphatic carbocycles. The maximum absolute atomic E-state index is 13.6. The number of nitrogens with zero attached hydrogens (tertiary/aromatic N) is 1. The molecule has 0 saturated heterocycles. The SMILES string of the molecule is CCC[C@H](NC(=O)CN(C)CC(=O)Nc1ccc(F)c(F)c1F)c1ccccc1. The van der Waals surface area contributed by atoms with Gasteiger partial charge in [-0.1, -0.05) is 43.7 Å². The van der Waals surface area contributed by atoms with E-state index >= 15 is 0 Å². The first-order valence-corrected chi connectivity index (χ1v) is 9.28. The molecule has 2 aromatic carbocycles. The number of hydrogen-bond donors (Lipinski definition) is 2. The van der Waals surface area contributed by atoms with Gasteiger partial charge in [0.1, 0.15) is 0 Å². The number of nitrogens with one attached hydrogen (secondary N) is 2. The number of halogens is 3. The predicted molar refractivity (Wildman–Crippen MR) is 105 cm³/mol. The van der Waals surface area contributed by atoms with Crippen molar-refractivity contribution in [3.63, 3.8) is 0 Å². The summed E-state index contributed by atoms with van der Waals surface area (Å²) in [5.41, 5.74) is 0.538. The number of carbonyl (C=O) groups excluding carboxylic acids is 2. The van der Waals surface area contributed by atoms with E-state index in [-0.39, 0.29) is 25.0 Å². The van der Waals surface area contributed by atoms with Crippen molar-refractivity contribution in [1.29, 1.82) is 0 Å². The summed E-state index contributed by atoms with van der Waals surface area (Å²) in [4.78, 5) is 25.8. The molecule has 0 fully saturated rings. The molecule has 0 radical (unpaired) electrons. The van der Waals surface area contributed by atoms with Crippen molar-refractivity contribution < 1.29 is 22.8 Å². The summed E-state index contributed by atoms with van der Waals surface area (Å²) in [5, 5.41) is 5.12. The van der Waals surface area contributed by atoms with Gasteiger partial charge in [-0.25, -0.2) is 13.2 Å². The van der Waals surface area contributed by atoms with Crippen LogP contribution in [0.5, 0.6) is 0 Å². The van der Waals surface area contributed by atoms with Gasteiger partial charge in [0.05, 0.1) is 24.8 Å². The molecule has 8 heteroatoms. The molecular formula is C21H24F3N3O2. The average Bonchev–Trinajstić information content (AvgIpc) is 2.68. The Morgan fingerprint density at radius 1 is 0.966 bits per heavy atom. The van der Waals surface area contributed by atoms with E-state index in [1.54, 1.807) is 7.05 Å². The highest BCUT2D eigenvalue weighted by atomic mass is 19.2. The van der Waals surface area contributed by atoms with Crippen LogP contribution in [0, 0.1) is 17.5 Å². The molecule has 1 atom stereocenters. The van der Waals surface area contributed by atoms with Crippen LogP contribution in [0.1, 0.15) is 31.4 Å². The van der Waals surface area contributed by atoms with Crippen molar-refractivity contribution in [1.82, 2.24) is 10.2 Å². The molecule has 0 saturated carbocycles. The second-order valence-corrected chi connectivity index (χ2v) is 6.76. The highest BCUT2D eigenvalue weighted by Crippen LogP contribution is 2.20. The van der Waals surface area contributed by atoms with Gasteiger partial charge in [0.15, 0.2) is 17.5 Å². The molecule has 0 heterocycles. The van der Waals surface area contributed by atoms with Gasteiger partial charge < -0.3 is 10.6 Å². The Kier molecular flexibility index (Phi) is 8.21. The Hall–Kier alpha value is -2.87. The summed E-state index contributed by atoms with van der Waals surface area (Å²) in [5.74, 6) is -5.38. The van der Waals surface area contributed by atoms with E-state index in [2.05, 4.69) is 10.6 Å². The number of amides is 2. The molecule has 29 heavy (non-hydrogen) atoms. The van der Waals surface area contributed by atoms with Gasteiger partial charge in [0, 0.05) is 0 Å². The summed E-state index contributed by atoms with van der Waals surface area (Å²) in [6.45, 7) is 1.74. The quantitative estimate of drug-likeness (QED) is 0.624. The largest absolute Gasteiger partial charge is 0.348 e. The minimum absolute atomic E-state index is 0.0548. The summed E-state index contributed by atoms with van der Waals surface area (Å²) < 4.78 is 39.8. The molecule has 156 valence electrons. The van der Waals surface area contributed by atoms with Gasteiger partial charge >= 0.3 is 0 Å². The zero-order valence-corrected chi connectivity index (χ0v) is 16.3. The number of carbonyl (C=O) groups is 2. The van der Waals surface area contributed by atoms with Gasteiger partial charge in [-0.3, -0.25) is 14.5 Å². The maximum atomic E-state index is 13.6. The van der Waals surface area contributed by atoms with E-state index in [9.17, 15) is 22.8 Å². The fourth-order valence-corrected chi connectivity index (χ4v) is 2.89. The summed E-state index contributed by atoms with van der Waals surface area (Å²) >= 11 is 0. The van der Waals surface area contributed by atoms with Crippen molar-refractivity contribution in [2.75, 3.05) is 25.5 Å². The van der Waals surface area contributed by atoms with Crippen LogP contribution in [0.2, 0.25) is 0 Å². The third kappa shape index (κ3) is 6.60. The summed E-state index contributed by atoms with van der Waals surface area (Å²) in [7, 11) is 1.55. The maximum Gasteiger partial charge on any atom is 0.238 e. The van der Waals surface area contributed by atoms with Gasteiger partial charge in [0.2, 0.25) is 11.8 Å². The lowest BCUT2D eigenvalue weighted by Crippen LogP contribution is -2.40. The van der Waals surface area contributed by atoms with E-state index < -0.39 is 29.0 Å². The average molecular weight is 407 g/mol. The minimum atomic E-state index is -1.65. The van der Waals surface area contributed by atoms with Crippen molar-refractivity contribution in [2.24, 2.45) is 0 Å². The second-order valence-electron chi connectivity index (χ2n) is 6.76.